The second kappa shape index (κ2) is 2.78. The Labute approximate surface area is 53.8 Å². The van der Waals surface area contributed by atoms with Gasteiger partial charge in [-0.15, -0.1) is 0 Å². The Morgan fingerprint density at radius 3 is 2.00 bits per heavy atom. The van der Waals surface area contributed by atoms with Crippen LogP contribution in [-0.2, 0) is 0 Å². The van der Waals surface area contributed by atoms with Gasteiger partial charge in [-0.2, -0.15) is 0 Å². The maximum atomic E-state index is 5.33. The monoisotopic (exact) mass is 218 g/mol. The van der Waals surface area contributed by atoms with E-state index in [1.54, 1.807) is 7.05 Å². The van der Waals surface area contributed by atoms with E-state index in [4.69, 9.17) is 17.4 Å². The molecule has 0 heterocycles. The molecule has 4 nitrogen and oxygen atoms in total. The van der Waals surface area contributed by atoms with E-state index in [-0.39, 0.29) is 24.4 Å². The van der Waals surface area contributed by atoms with Crippen molar-refractivity contribution in [1.29, 1.82) is 0 Å². The number of nitrogens with two attached hydrogens (primary N) is 3. The summed E-state index contributed by atoms with van der Waals surface area (Å²) in [6, 6.07) is 0. The third-order valence-corrected chi connectivity index (χ3v) is 2.19. The molecule has 0 atom stereocenters. The number of hydrogen-bond acceptors (Lipinski definition) is 3. The molecule has 0 radical (unpaired) electrons. The van der Waals surface area contributed by atoms with Crippen LogP contribution in [0.1, 0.15) is 0 Å². The molecule has 0 bridgehead atoms. The molecule has 0 amide bonds. The van der Waals surface area contributed by atoms with Crippen molar-refractivity contribution < 1.29 is 24.4 Å². The SMILES string of the molecule is C[N+](N)(N)[I-]CN. The summed E-state index contributed by atoms with van der Waals surface area (Å²) in [6.07, 6.45) is 0. The molecule has 0 unspecified atom stereocenters. The zero-order chi connectivity index (χ0) is 5.91. The van der Waals surface area contributed by atoms with Gasteiger partial charge in [0, 0.05) is 0 Å². The molecular formula is C2H11IN4. The number of quaternary nitrogens is 1. The van der Waals surface area contributed by atoms with Crippen LogP contribution in [0.5, 0.6) is 0 Å². The predicted molar refractivity (Wildman–Crippen MR) is 23.6 cm³/mol. The predicted octanol–water partition coefficient (Wildman–Crippen LogP) is -4.90. The summed E-state index contributed by atoms with van der Waals surface area (Å²) in [5.74, 6) is 10.7. The third-order valence-electron chi connectivity index (χ3n) is 0.327. The summed E-state index contributed by atoms with van der Waals surface area (Å²) in [6.45, 7) is 0. The second-order valence-corrected chi connectivity index (χ2v) is 4.95. The molecule has 46 valence electrons. The molecular weight excluding hydrogens is 207 g/mol. The number of alkyl halides is 1. The molecule has 0 rings (SSSR count). The van der Waals surface area contributed by atoms with E-state index in [0.29, 0.717) is 4.55 Å². The van der Waals surface area contributed by atoms with Crippen molar-refractivity contribution >= 4 is 0 Å². The van der Waals surface area contributed by atoms with E-state index in [9.17, 15) is 0 Å². The zero-order valence-corrected chi connectivity index (χ0v) is 6.42. The second-order valence-electron chi connectivity index (χ2n) is 1.30. The van der Waals surface area contributed by atoms with Gasteiger partial charge in [0.25, 0.3) is 0 Å². The summed E-state index contributed by atoms with van der Waals surface area (Å²) >= 11 is -0.244. The summed E-state index contributed by atoms with van der Waals surface area (Å²) in [4.78, 5) is 0. The zero-order valence-electron chi connectivity index (χ0n) is 4.26. The third kappa shape index (κ3) is 6.57. The van der Waals surface area contributed by atoms with E-state index >= 15 is 0 Å². The van der Waals surface area contributed by atoms with E-state index in [1.807, 2.05) is 0 Å². The van der Waals surface area contributed by atoms with Gasteiger partial charge >= 0.3 is 53.4 Å². The molecule has 5 heteroatoms. The van der Waals surface area contributed by atoms with E-state index in [1.165, 1.54) is 0 Å². The molecule has 7 heavy (non-hydrogen) atoms. The molecule has 0 aliphatic rings. The molecule has 6 N–H and O–H groups in total. The topological polar surface area (TPSA) is 78.1 Å². The van der Waals surface area contributed by atoms with Crippen molar-refractivity contribution in [3.63, 3.8) is 0 Å². The standard InChI is InChI=1S/C2H11IN4/c1-7(5,6)3-2-4/h2,4-6H2,1H3. The van der Waals surface area contributed by atoms with Crippen LogP contribution >= 0.6 is 0 Å². The minimum absolute atomic E-state index is 0.0787. The Morgan fingerprint density at radius 1 is 1.57 bits per heavy atom. The fourth-order valence-corrected chi connectivity index (χ4v) is 0.997. The molecule has 0 saturated heterocycles. The van der Waals surface area contributed by atoms with Gasteiger partial charge in [-0.25, -0.2) is 0 Å². The summed E-state index contributed by atoms with van der Waals surface area (Å²) in [5, 5.41) is 0. The molecule has 0 aliphatic heterocycles. The fourth-order valence-electron chi connectivity index (χ4n) is 0.149. The van der Waals surface area contributed by atoms with Crippen molar-refractivity contribution in [3.8, 4) is 0 Å². The molecule has 0 saturated carbocycles. The van der Waals surface area contributed by atoms with Crippen molar-refractivity contribution in [1.82, 2.24) is 0 Å². The van der Waals surface area contributed by atoms with Gasteiger partial charge < -0.3 is 0 Å². The van der Waals surface area contributed by atoms with Gasteiger partial charge in [-0.05, 0) is 0 Å². The van der Waals surface area contributed by atoms with Crippen molar-refractivity contribution in [2.45, 2.75) is 0 Å². The first-order chi connectivity index (χ1) is 3.06. The van der Waals surface area contributed by atoms with Crippen LogP contribution in [0.3, 0.4) is 0 Å². The minimum atomic E-state index is -0.244. The van der Waals surface area contributed by atoms with Crippen LogP contribution in [0, 0.1) is 0 Å². The number of nitrogens with zero attached hydrogens (tertiary/aromatic N) is 1. The molecule has 0 fully saturated rings. The van der Waals surface area contributed by atoms with Crippen LogP contribution in [0.2, 0.25) is 0 Å². The maximum absolute atomic E-state index is 5.33. The first kappa shape index (κ1) is 7.57. The Kier molecular flexibility index (Phi) is 3.00. The Bertz CT molecular complexity index is 48.1. The quantitative estimate of drug-likeness (QED) is 0.108. The van der Waals surface area contributed by atoms with Gasteiger partial charge in [0.1, 0.15) is 0 Å². The van der Waals surface area contributed by atoms with E-state index in [2.05, 4.69) is 0 Å². The van der Waals surface area contributed by atoms with E-state index < -0.39 is 0 Å². The number of hydrogen-bond donors (Lipinski definition) is 3. The first-order valence-electron chi connectivity index (χ1n) is 1.81. The van der Waals surface area contributed by atoms with Gasteiger partial charge in [0.15, 0.2) is 0 Å². The normalized spacial score (nSPS) is 12.6. The molecule has 0 aromatic rings. The Morgan fingerprint density at radius 2 is 2.00 bits per heavy atom. The first-order valence-corrected chi connectivity index (χ1v) is 4.30. The summed E-state index contributed by atoms with van der Waals surface area (Å²) in [5.41, 5.74) is 5.19. The molecule has 0 aromatic carbocycles. The molecule has 0 aromatic heterocycles. The number of halogens is 1. The molecule has 0 spiro atoms. The summed E-state index contributed by atoms with van der Waals surface area (Å²) < 4.78 is 0.720. The van der Waals surface area contributed by atoms with Crippen molar-refractivity contribution in [2.24, 2.45) is 17.4 Å². The summed E-state index contributed by atoms with van der Waals surface area (Å²) in [7, 11) is 1.74. The van der Waals surface area contributed by atoms with Crippen LogP contribution in [0.25, 0.3) is 0 Å². The van der Waals surface area contributed by atoms with Crippen LogP contribution in [0.15, 0.2) is 0 Å². The average molecular weight is 218 g/mol. The van der Waals surface area contributed by atoms with E-state index in [0.717, 1.165) is 0 Å². The van der Waals surface area contributed by atoms with Crippen molar-refractivity contribution in [3.05, 3.63) is 0 Å². The van der Waals surface area contributed by atoms with Gasteiger partial charge in [-0.3, -0.25) is 0 Å². The van der Waals surface area contributed by atoms with Gasteiger partial charge in [0.2, 0.25) is 0 Å². The van der Waals surface area contributed by atoms with Crippen LogP contribution in [0.4, 0.5) is 0 Å². The van der Waals surface area contributed by atoms with Crippen LogP contribution in [-0.4, -0.2) is 14.5 Å². The Hall–Kier alpha value is 0.570. The van der Waals surface area contributed by atoms with Gasteiger partial charge in [0.05, 0.1) is 0 Å². The Balaban J connectivity index is 3.15. The molecule has 0 aliphatic carbocycles. The van der Waals surface area contributed by atoms with Crippen LogP contribution < -0.4 is 38.9 Å². The fraction of sp³-hybridized carbons (Fsp3) is 1.00. The average Bonchev–Trinajstić information content (AvgIpc) is 1.30. The van der Waals surface area contributed by atoms with Crippen molar-refractivity contribution in [2.75, 3.05) is 11.6 Å². The number of rotatable bonds is 2. The van der Waals surface area contributed by atoms with Gasteiger partial charge in [-0.1, -0.05) is 0 Å².